The molecule has 0 spiro atoms. The van der Waals surface area contributed by atoms with E-state index in [1.165, 1.54) is 21.6 Å². The molecule has 7 N–H and O–H groups in total. The molecule has 0 fully saturated rings. The molecule has 144 valence electrons. The number of carbonyl (C=O) groups is 4. The van der Waals surface area contributed by atoms with E-state index >= 15 is 0 Å². The van der Waals surface area contributed by atoms with Crippen LogP contribution in [0.2, 0.25) is 0 Å². The molecule has 0 aromatic carbocycles. The number of hydrogen-bond acceptors (Lipinski definition) is 7. The standard InChI is InChI=1S/C14H26N4O5S2/c1-2-17-11(19)6-7-24-25-8-10(13(16)21)18-12(20)5-3-4-9(15)14(22)23/h9-10H,2-8,15H2,1H3,(H2,16,21)(H,17,19)(H,18,20)(H,22,23). The molecule has 25 heavy (non-hydrogen) atoms. The lowest BCUT2D eigenvalue weighted by Crippen LogP contribution is -2.46. The number of aliphatic carboxylic acids is 1. The highest BCUT2D eigenvalue weighted by atomic mass is 33.1. The third-order valence-electron chi connectivity index (χ3n) is 3.02. The van der Waals surface area contributed by atoms with Crippen molar-refractivity contribution in [2.75, 3.05) is 18.1 Å². The molecular formula is C14H26N4O5S2. The molecular weight excluding hydrogens is 368 g/mol. The molecule has 0 rings (SSSR count). The molecule has 3 amide bonds. The summed E-state index contributed by atoms with van der Waals surface area (Å²) in [5, 5.41) is 13.9. The van der Waals surface area contributed by atoms with Gasteiger partial charge in [0.1, 0.15) is 12.1 Å². The Hall–Kier alpha value is -1.46. The smallest absolute Gasteiger partial charge is 0.320 e. The van der Waals surface area contributed by atoms with E-state index in [2.05, 4.69) is 10.6 Å². The topological polar surface area (TPSA) is 165 Å². The second-order valence-electron chi connectivity index (χ2n) is 5.17. The number of nitrogens with one attached hydrogen (secondary N) is 2. The zero-order chi connectivity index (χ0) is 19.2. The first kappa shape index (κ1) is 23.5. The third-order valence-corrected chi connectivity index (χ3v) is 5.43. The van der Waals surface area contributed by atoms with Gasteiger partial charge >= 0.3 is 5.97 Å². The van der Waals surface area contributed by atoms with Gasteiger partial charge in [-0.25, -0.2) is 0 Å². The van der Waals surface area contributed by atoms with E-state index in [0.29, 0.717) is 25.1 Å². The average molecular weight is 395 g/mol. The van der Waals surface area contributed by atoms with Crippen LogP contribution in [0.15, 0.2) is 0 Å². The van der Waals surface area contributed by atoms with Crippen LogP contribution in [0.1, 0.15) is 32.6 Å². The van der Waals surface area contributed by atoms with Crippen molar-refractivity contribution in [2.45, 2.75) is 44.7 Å². The third kappa shape index (κ3) is 12.5. The maximum Gasteiger partial charge on any atom is 0.320 e. The fourth-order valence-corrected chi connectivity index (χ4v) is 3.83. The summed E-state index contributed by atoms with van der Waals surface area (Å²) in [6.07, 6.45) is 0.927. The second-order valence-corrected chi connectivity index (χ2v) is 7.80. The normalized spacial score (nSPS) is 12.9. The van der Waals surface area contributed by atoms with Crippen LogP contribution in [-0.2, 0) is 19.2 Å². The lowest BCUT2D eigenvalue weighted by atomic mass is 10.1. The van der Waals surface area contributed by atoms with Gasteiger partial charge in [0.15, 0.2) is 0 Å². The molecule has 0 radical (unpaired) electrons. The lowest BCUT2D eigenvalue weighted by Gasteiger charge is -2.15. The number of nitrogens with two attached hydrogens (primary N) is 2. The Kier molecular flexibility index (Phi) is 13.0. The zero-order valence-electron chi connectivity index (χ0n) is 14.2. The van der Waals surface area contributed by atoms with Crippen LogP contribution in [-0.4, -0.2) is 58.9 Å². The van der Waals surface area contributed by atoms with Gasteiger partial charge in [-0.15, -0.1) is 0 Å². The Morgan fingerprint density at radius 2 is 1.80 bits per heavy atom. The van der Waals surface area contributed by atoms with Gasteiger partial charge in [0.2, 0.25) is 17.7 Å². The number of rotatable bonds is 14. The fraction of sp³-hybridized carbons (Fsp3) is 0.714. The molecule has 2 atom stereocenters. The van der Waals surface area contributed by atoms with Crippen molar-refractivity contribution in [3.05, 3.63) is 0 Å². The van der Waals surface area contributed by atoms with Crippen LogP contribution in [0.4, 0.5) is 0 Å². The van der Waals surface area contributed by atoms with Gasteiger partial charge in [-0.1, -0.05) is 21.6 Å². The van der Waals surface area contributed by atoms with Crippen molar-refractivity contribution in [2.24, 2.45) is 11.5 Å². The molecule has 0 saturated carbocycles. The van der Waals surface area contributed by atoms with Crippen LogP contribution in [0.5, 0.6) is 0 Å². The van der Waals surface area contributed by atoms with Crippen molar-refractivity contribution >= 4 is 45.3 Å². The van der Waals surface area contributed by atoms with Gasteiger partial charge < -0.3 is 27.2 Å². The van der Waals surface area contributed by atoms with Gasteiger partial charge in [-0.2, -0.15) is 0 Å². The Labute approximate surface area is 154 Å². The summed E-state index contributed by atoms with van der Waals surface area (Å²) in [7, 11) is 2.77. The highest BCUT2D eigenvalue weighted by Crippen LogP contribution is 2.22. The summed E-state index contributed by atoms with van der Waals surface area (Å²) in [4.78, 5) is 45.0. The van der Waals surface area contributed by atoms with E-state index < -0.39 is 24.0 Å². The molecule has 0 aromatic heterocycles. The quantitative estimate of drug-likeness (QED) is 0.193. The predicted octanol–water partition coefficient (Wildman–Crippen LogP) is -0.554. The molecule has 0 aliphatic carbocycles. The van der Waals surface area contributed by atoms with Crippen LogP contribution < -0.4 is 22.1 Å². The average Bonchev–Trinajstić information content (AvgIpc) is 2.53. The summed E-state index contributed by atoms with van der Waals surface area (Å²) < 4.78 is 0. The molecule has 0 bridgehead atoms. The number of carboxylic acid groups (broad SMARTS) is 1. The fourth-order valence-electron chi connectivity index (χ4n) is 1.66. The predicted molar refractivity (Wildman–Crippen MR) is 98.8 cm³/mol. The number of hydrogen-bond donors (Lipinski definition) is 5. The monoisotopic (exact) mass is 394 g/mol. The Morgan fingerprint density at radius 1 is 1.12 bits per heavy atom. The lowest BCUT2D eigenvalue weighted by molar-refractivity contribution is -0.138. The second kappa shape index (κ2) is 13.8. The van der Waals surface area contributed by atoms with Gasteiger partial charge in [0.25, 0.3) is 0 Å². The minimum atomic E-state index is -1.11. The van der Waals surface area contributed by atoms with Gasteiger partial charge in [-0.05, 0) is 19.8 Å². The Morgan fingerprint density at radius 3 is 2.36 bits per heavy atom. The number of amides is 3. The van der Waals surface area contributed by atoms with Gasteiger partial charge in [0.05, 0.1) is 0 Å². The first-order chi connectivity index (χ1) is 11.8. The molecule has 0 aliphatic rings. The molecule has 0 aromatic rings. The highest BCUT2D eigenvalue weighted by molar-refractivity contribution is 8.76. The number of primary amides is 1. The zero-order valence-corrected chi connectivity index (χ0v) is 15.8. The van der Waals surface area contributed by atoms with Crippen LogP contribution in [0, 0.1) is 0 Å². The van der Waals surface area contributed by atoms with E-state index in [1.807, 2.05) is 6.92 Å². The van der Waals surface area contributed by atoms with Crippen molar-refractivity contribution in [3.63, 3.8) is 0 Å². The number of carboxylic acids is 1. The first-order valence-corrected chi connectivity index (χ1v) is 10.3. The van der Waals surface area contributed by atoms with Crippen molar-refractivity contribution < 1.29 is 24.3 Å². The van der Waals surface area contributed by atoms with Gasteiger partial charge in [-0.3, -0.25) is 19.2 Å². The number of carbonyl (C=O) groups excluding carboxylic acids is 3. The minimum absolute atomic E-state index is 0.0325. The van der Waals surface area contributed by atoms with Crippen LogP contribution >= 0.6 is 21.6 Å². The molecule has 2 unspecified atom stereocenters. The van der Waals surface area contributed by atoms with E-state index in [1.54, 1.807) is 0 Å². The van der Waals surface area contributed by atoms with E-state index in [-0.39, 0.29) is 30.4 Å². The van der Waals surface area contributed by atoms with Crippen molar-refractivity contribution in [1.82, 2.24) is 10.6 Å². The van der Waals surface area contributed by atoms with Crippen LogP contribution in [0.3, 0.4) is 0 Å². The summed E-state index contributed by atoms with van der Waals surface area (Å²) in [6.45, 7) is 2.43. The summed E-state index contributed by atoms with van der Waals surface area (Å²) in [6, 6.07) is -1.82. The molecule has 11 heteroatoms. The molecule has 0 heterocycles. The van der Waals surface area contributed by atoms with Gasteiger partial charge in [0, 0.05) is 30.9 Å². The van der Waals surface area contributed by atoms with Crippen molar-refractivity contribution in [3.8, 4) is 0 Å². The Balaban J connectivity index is 4.00. The first-order valence-electron chi connectivity index (χ1n) is 7.86. The molecule has 9 nitrogen and oxygen atoms in total. The van der Waals surface area contributed by atoms with E-state index in [9.17, 15) is 19.2 Å². The maximum atomic E-state index is 11.8. The van der Waals surface area contributed by atoms with Crippen molar-refractivity contribution in [1.29, 1.82) is 0 Å². The summed E-state index contributed by atoms with van der Waals surface area (Å²) >= 11 is 0. The van der Waals surface area contributed by atoms with E-state index in [4.69, 9.17) is 16.6 Å². The van der Waals surface area contributed by atoms with E-state index in [0.717, 1.165) is 0 Å². The molecule has 0 aliphatic heterocycles. The summed E-state index contributed by atoms with van der Waals surface area (Å²) in [5.74, 6) is -1.30. The molecule has 0 saturated heterocycles. The maximum absolute atomic E-state index is 11.8. The summed E-state index contributed by atoms with van der Waals surface area (Å²) in [5.41, 5.74) is 10.6. The largest absolute Gasteiger partial charge is 0.480 e. The highest BCUT2D eigenvalue weighted by Gasteiger charge is 2.19. The Bertz CT molecular complexity index is 465. The minimum Gasteiger partial charge on any atom is -0.480 e. The SMILES string of the molecule is CCNC(=O)CCSSCC(NC(=O)CCCC(N)C(=O)O)C(N)=O. The van der Waals surface area contributed by atoms with Crippen LogP contribution in [0.25, 0.3) is 0 Å².